The van der Waals surface area contributed by atoms with Crippen LogP contribution in [0.25, 0.3) is 21.8 Å². The van der Waals surface area contributed by atoms with Crippen molar-refractivity contribution in [2.45, 2.75) is 19.4 Å². The fourth-order valence-corrected chi connectivity index (χ4v) is 3.69. The van der Waals surface area contributed by atoms with Crippen LogP contribution in [0.5, 0.6) is 0 Å². The number of hydrogen-bond acceptors (Lipinski definition) is 1. The van der Waals surface area contributed by atoms with Crippen LogP contribution >= 0.6 is 11.6 Å². The molecular weight excluding hydrogens is 280 g/mol. The fourth-order valence-electron chi connectivity index (χ4n) is 3.51. The summed E-state index contributed by atoms with van der Waals surface area (Å²) in [6.45, 7) is 4.69. The van der Waals surface area contributed by atoms with Gasteiger partial charge >= 0.3 is 0 Å². The largest absolute Gasteiger partial charge is 0.339 e. The number of nitrogens with zero attached hydrogens (tertiary/aromatic N) is 2. The molecule has 0 bridgehead atoms. The van der Waals surface area contributed by atoms with Crippen molar-refractivity contribution in [3.05, 3.63) is 47.5 Å². The molecule has 1 fully saturated rings. The number of benzene rings is 2. The van der Waals surface area contributed by atoms with Crippen LogP contribution in [0.15, 0.2) is 42.5 Å². The molecule has 0 radical (unpaired) electrons. The average molecular weight is 299 g/mol. The minimum atomic E-state index is 0.810. The Labute approximate surface area is 129 Å². The van der Waals surface area contributed by atoms with Gasteiger partial charge in [0.2, 0.25) is 0 Å². The third kappa shape index (κ3) is 2.33. The van der Waals surface area contributed by atoms with Crippen molar-refractivity contribution >= 4 is 33.4 Å². The van der Waals surface area contributed by atoms with Crippen molar-refractivity contribution in [2.75, 3.05) is 19.6 Å². The first-order valence-corrected chi connectivity index (χ1v) is 8.09. The predicted molar refractivity (Wildman–Crippen MR) is 90.1 cm³/mol. The summed E-state index contributed by atoms with van der Waals surface area (Å²) in [5.74, 6) is 0. The molecule has 4 rings (SSSR count). The van der Waals surface area contributed by atoms with Crippen LogP contribution in [-0.4, -0.2) is 29.1 Å². The van der Waals surface area contributed by atoms with E-state index in [0.29, 0.717) is 0 Å². The molecule has 0 atom stereocenters. The average Bonchev–Trinajstić information content (AvgIpc) is 3.11. The van der Waals surface area contributed by atoms with Crippen LogP contribution in [0, 0.1) is 0 Å². The second kappa shape index (κ2) is 5.36. The van der Waals surface area contributed by atoms with E-state index in [0.717, 1.165) is 18.1 Å². The first kappa shape index (κ1) is 13.2. The summed E-state index contributed by atoms with van der Waals surface area (Å²) in [5, 5.41) is 3.38. The number of hydrogen-bond donors (Lipinski definition) is 0. The lowest BCUT2D eigenvalue weighted by Crippen LogP contribution is -2.23. The van der Waals surface area contributed by atoms with Crippen molar-refractivity contribution in [1.82, 2.24) is 9.47 Å². The summed E-state index contributed by atoms with van der Waals surface area (Å²) in [7, 11) is 0. The molecule has 0 unspecified atom stereocenters. The first-order valence-electron chi connectivity index (χ1n) is 7.72. The molecule has 1 aliphatic rings. The van der Waals surface area contributed by atoms with Crippen LogP contribution < -0.4 is 0 Å². The standard InChI is InChI=1S/C18H19ClN2/c19-14-7-8-18-16(13-14)15-5-1-2-6-17(15)21(18)12-11-20-9-3-4-10-20/h1-2,5-8,13H,3-4,9-12H2. The van der Waals surface area contributed by atoms with E-state index < -0.39 is 0 Å². The zero-order valence-corrected chi connectivity index (χ0v) is 12.8. The number of aromatic nitrogens is 1. The third-order valence-electron chi connectivity index (χ3n) is 4.57. The van der Waals surface area contributed by atoms with Crippen LogP contribution in [0.1, 0.15) is 12.8 Å². The Morgan fingerprint density at radius 3 is 2.48 bits per heavy atom. The Balaban J connectivity index is 1.80. The number of rotatable bonds is 3. The van der Waals surface area contributed by atoms with Crippen LogP contribution in [0.2, 0.25) is 5.02 Å². The normalized spacial score (nSPS) is 16.2. The van der Waals surface area contributed by atoms with Crippen molar-refractivity contribution < 1.29 is 0 Å². The molecule has 2 heterocycles. The van der Waals surface area contributed by atoms with Gasteiger partial charge in [0.05, 0.1) is 0 Å². The molecule has 3 heteroatoms. The van der Waals surface area contributed by atoms with E-state index in [4.69, 9.17) is 11.6 Å². The number of fused-ring (bicyclic) bond motifs is 3. The Bertz CT molecular complexity index is 784. The van der Waals surface area contributed by atoms with E-state index in [-0.39, 0.29) is 0 Å². The maximum absolute atomic E-state index is 6.19. The minimum Gasteiger partial charge on any atom is -0.339 e. The number of para-hydroxylation sites is 1. The lowest BCUT2D eigenvalue weighted by Gasteiger charge is -2.16. The summed E-state index contributed by atoms with van der Waals surface area (Å²) in [6.07, 6.45) is 2.70. The van der Waals surface area contributed by atoms with Gasteiger partial charge in [-0.25, -0.2) is 0 Å². The summed E-state index contributed by atoms with van der Waals surface area (Å²) < 4.78 is 2.44. The molecule has 0 N–H and O–H groups in total. The Morgan fingerprint density at radius 2 is 1.62 bits per heavy atom. The highest BCUT2D eigenvalue weighted by Crippen LogP contribution is 2.31. The molecular formula is C18H19ClN2. The van der Waals surface area contributed by atoms with Crippen molar-refractivity contribution in [2.24, 2.45) is 0 Å². The quantitative estimate of drug-likeness (QED) is 0.689. The van der Waals surface area contributed by atoms with Gasteiger partial charge in [-0.15, -0.1) is 0 Å². The lowest BCUT2D eigenvalue weighted by molar-refractivity contribution is 0.326. The summed E-state index contributed by atoms with van der Waals surface area (Å²) in [4.78, 5) is 2.57. The Hall–Kier alpha value is -1.51. The van der Waals surface area contributed by atoms with E-state index in [9.17, 15) is 0 Å². The summed E-state index contributed by atoms with van der Waals surface area (Å²) in [5.41, 5.74) is 2.61. The molecule has 21 heavy (non-hydrogen) atoms. The number of likely N-dealkylation sites (tertiary alicyclic amines) is 1. The van der Waals surface area contributed by atoms with Gasteiger partial charge in [0.25, 0.3) is 0 Å². The molecule has 1 saturated heterocycles. The topological polar surface area (TPSA) is 8.17 Å². The maximum Gasteiger partial charge on any atom is 0.0492 e. The SMILES string of the molecule is Clc1ccc2c(c1)c1ccccc1n2CCN1CCCC1. The molecule has 2 nitrogen and oxygen atoms in total. The van der Waals surface area contributed by atoms with Gasteiger partial charge in [-0.05, 0) is 50.2 Å². The highest BCUT2D eigenvalue weighted by molar-refractivity contribution is 6.31. The fraction of sp³-hybridized carbons (Fsp3) is 0.333. The van der Waals surface area contributed by atoms with Gasteiger partial charge in [-0.2, -0.15) is 0 Å². The minimum absolute atomic E-state index is 0.810. The van der Waals surface area contributed by atoms with Crippen LogP contribution in [0.3, 0.4) is 0 Å². The highest BCUT2D eigenvalue weighted by atomic mass is 35.5. The molecule has 108 valence electrons. The van der Waals surface area contributed by atoms with Crippen LogP contribution in [-0.2, 0) is 6.54 Å². The number of halogens is 1. The van der Waals surface area contributed by atoms with Crippen molar-refractivity contribution in [3.63, 3.8) is 0 Å². The van der Waals surface area contributed by atoms with Crippen molar-refractivity contribution in [1.29, 1.82) is 0 Å². The van der Waals surface area contributed by atoms with E-state index in [1.165, 1.54) is 47.7 Å². The highest BCUT2D eigenvalue weighted by Gasteiger charge is 2.14. The van der Waals surface area contributed by atoms with E-state index >= 15 is 0 Å². The molecule has 0 aliphatic carbocycles. The van der Waals surface area contributed by atoms with Gasteiger partial charge in [0.1, 0.15) is 0 Å². The Kier molecular flexibility index (Phi) is 3.36. The predicted octanol–water partition coefficient (Wildman–Crippen LogP) is 4.54. The lowest BCUT2D eigenvalue weighted by atomic mass is 10.2. The summed E-state index contributed by atoms with van der Waals surface area (Å²) >= 11 is 6.19. The van der Waals surface area contributed by atoms with Gasteiger partial charge in [0.15, 0.2) is 0 Å². The van der Waals surface area contributed by atoms with Crippen LogP contribution in [0.4, 0.5) is 0 Å². The van der Waals surface area contributed by atoms with Gasteiger partial charge < -0.3 is 9.47 Å². The monoisotopic (exact) mass is 298 g/mol. The van der Waals surface area contributed by atoms with E-state index in [1.54, 1.807) is 0 Å². The maximum atomic E-state index is 6.19. The molecule has 1 aliphatic heterocycles. The Morgan fingerprint density at radius 1 is 0.857 bits per heavy atom. The van der Waals surface area contributed by atoms with Gasteiger partial charge in [-0.3, -0.25) is 0 Å². The molecule has 3 aromatic rings. The molecule has 1 aromatic heterocycles. The zero-order valence-electron chi connectivity index (χ0n) is 12.1. The zero-order chi connectivity index (χ0) is 14.2. The molecule has 0 saturated carbocycles. The molecule has 0 amide bonds. The summed E-state index contributed by atoms with van der Waals surface area (Å²) in [6, 6.07) is 14.9. The van der Waals surface area contributed by atoms with E-state index in [1.807, 2.05) is 6.07 Å². The molecule has 0 spiro atoms. The molecule has 2 aromatic carbocycles. The first-order chi connectivity index (χ1) is 10.3. The van der Waals surface area contributed by atoms with Gasteiger partial charge in [-0.1, -0.05) is 29.8 Å². The smallest absolute Gasteiger partial charge is 0.0492 e. The van der Waals surface area contributed by atoms with Crippen molar-refractivity contribution in [3.8, 4) is 0 Å². The van der Waals surface area contributed by atoms with Gasteiger partial charge in [0, 0.05) is 39.9 Å². The second-order valence-electron chi connectivity index (χ2n) is 5.88. The second-order valence-corrected chi connectivity index (χ2v) is 6.32. The van der Waals surface area contributed by atoms with E-state index in [2.05, 4.69) is 45.9 Å². The third-order valence-corrected chi connectivity index (χ3v) is 4.81.